The number of aryl methyl sites for hydroxylation is 2. The average Bonchev–Trinajstić information content (AvgIpc) is 2.64. The number of oxazole rings is 1. The largest absolute Gasteiger partial charge is 0.444 e. The van der Waals surface area contributed by atoms with Crippen molar-refractivity contribution < 1.29 is 9.21 Å². The van der Waals surface area contributed by atoms with E-state index in [0.717, 1.165) is 24.3 Å². The van der Waals surface area contributed by atoms with E-state index in [0.29, 0.717) is 25.4 Å². The number of amides is 1. The Balaban J connectivity index is 2.32. The highest BCUT2D eigenvalue weighted by molar-refractivity contribution is 5.75. The van der Waals surface area contributed by atoms with Crippen LogP contribution in [0, 0.1) is 19.3 Å². The molecule has 1 rings (SSSR count). The van der Waals surface area contributed by atoms with Crippen molar-refractivity contribution in [3.63, 3.8) is 0 Å². The number of aromatic nitrogens is 1. The molecule has 19 heavy (non-hydrogen) atoms. The third-order valence-corrected chi connectivity index (χ3v) is 3.36. The van der Waals surface area contributed by atoms with Gasteiger partial charge in [0.25, 0.3) is 0 Å². The lowest BCUT2D eigenvalue weighted by Gasteiger charge is -2.23. The Labute approximate surface area is 115 Å². The second-order valence-corrected chi connectivity index (χ2v) is 5.73. The van der Waals surface area contributed by atoms with Crippen LogP contribution in [0.15, 0.2) is 4.42 Å². The van der Waals surface area contributed by atoms with Gasteiger partial charge < -0.3 is 15.5 Å². The van der Waals surface area contributed by atoms with Crippen molar-refractivity contribution in [2.75, 3.05) is 6.54 Å². The highest BCUT2D eigenvalue weighted by atomic mass is 16.4. The number of rotatable bonds is 7. The van der Waals surface area contributed by atoms with E-state index in [2.05, 4.69) is 24.1 Å². The molecule has 5 nitrogen and oxygen atoms in total. The molecule has 0 fully saturated rings. The third kappa shape index (κ3) is 5.42. The number of nitrogens with zero attached hydrogens (tertiary/aromatic N) is 1. The fourth-order valence-corrected chi connectivity index (χ4v) is 1.85. The zero-order chi connectivity index (χ0) is 14.5. The minimum Gasteiger partial charge on any atom is -0.444 e. The molecule has 5 heteroatoms. The van der Waals surface area contributed by atoms with E-state index in [9.17, 15) is 4.79 Å². The van der Waals surface area contributed by atoms with Crippen LogP contribution in [0.4, 0.5) is 0 Å². The molecule has 0 radical (unpaired) electrons. The summed E-state index contributed by atoms with van der Waals surface area (Å²) >= 11 is 0. The Hall–Kier alpha value is -1.36. The summed E-state index contributed by atoms with van der Waals surface area (Å²) in [6.07, 6.45) is 2.27. The molecule has 1 heterocycles. The molecule has 1 aromatic rings. The molecule has 1 aromatic heterocycles. The van der Waals surface area contributed by atoms with E-state index in [1.165, 1.54) is 0 Å². The molecule has 1 amide bonds. The Morgan fingerprint density at radius 2 is 2.05 bits per heavy atom. The van der Waals surface area contributed by atoms with Gasteiger partial charge in [-0.25, -0.2) is 4.98 Å². The van der Waals surface area contributed by atoms with Gasteiger partial charge in [0.1, 0.15) is 5.76 Å². The van der Waals surface area contributed by atoms with Crippen molar-refractivity contribution in [1.29, 1.82) is 0 Å². The maximum atomic E-state index is 11.7. The normalized spacial score (nSPS) is 11.6. The van der Waals surface area contributed by atoms with Crippen LogP contribution in [0.5, 0.6) is 0 Å². The fourth-order valence-electron chi connectivity index (χ4n) is 1.85. The molecule has 0 saturated carbocycles. The second kappa shape index (κ2) is 6.70. The number of nitrogens with one attached hydrogen (secondary N) is 1. The summed E-state index contributed by atoms with van der Waals surface area (Å²) < 4.78 is 5.41. The summed E-state index contributed by atoms with van der Waals surface area (Å²) in [4.78, 5) is 16.0. The van der Waals surface area contributed by atoms with Crippen LogP contribution in [-0.4, -0.2) is 17.4 Å². The van der Waals surface area contributed by atoms with E-state index in [-0.39, 0.29) is 11.3 Å². The van der Waals surface area contributed by atoms with Crippen LogP contribution in [-0.2, 0) is 11.3 Å². The Bertz CT molecular complexity index is 405. The predicted octanol–water partition coefficient (Wildman–Crippen LogP) is 2.06. The Morgan fingerprint density at radius 1 is 1.37 bits per heavy atom. The Morgan fingerprint density at radius 3 is 2.58 bits per heavy atom. The van der Waals surface area contributed by atoms with Crippen LogP contribution in [0.2, 0.25) is 0 Å². The van der Waals surface area contributed by atoms with Gasteiger partial charge in [0.05, 0.1) is 12.2 Å². The zero-order valence-electron chi connectivity index (χ0n) is 12.4. The molecule has 0 aliphatic rings. The van der Waals surface area contributed by atoms with Gasteiger partial charge in [-0.3, -0.25) is 4.79 Å². The number of nitrogens with two attached hydrogens (primary N) is 1. The van der Waals surface area contributed by atoms with Gasteiger partial charge >= 0.3 is 0 Å². The van der Waals surface area contributed by atoms with Crippen LogP contribution < -0.4 is 11.1 Å². The molecule has 0 unspecified atom stereocenters. The van der Waals surface area contributed by atoms with Gasteiger partial charge in [-0.1, -0.05) is 13.8 Å². The topological polar surface area (TPSA) is 81.2 Å². The first-order valence-corrected chi connectivity index (χ1v) is 6.74. The molecule has 0 saturated heterocycles. The quantitative estimate of drug-likeness (QED) is 0.792. The smallest absolute Gasteiger partial charge is 0.220 e. The molecular weight excluding hydrogens is 242 g/mol. The summed E-state index contributed by atoms with van der Waals surface area (Å²) in [5.74, 6) is 1.39. The predicted molar refractivity (Wildman–Crippen MR) is 74.5 cm³/mol. The second-order valence-electron chi connectivity index (χ2n) is 5.73. The molecular formula is C14H25N3O2. The number of carbonyl (C=O) groups is 1. The molecule has 0 bridgehead atoms. The van der Waals surface area contributed by atoms with Crippen molar-refractivity contribution in [3.8, 4) is 0 Å². The zero-order valence-corrected chi connectivity index (χ0v) is 12.4. The van der Waals surface area contributed by atoms with E-state index in [1.54, 1.807) is 0 Å². The number of hydrogen-bond donors (Lipinski definition) is 2. The molecule has 0 aliphatic heterocycles. The van der Waals surface area contributed by atoms with Crippen molar-refractivity contribution in [1.82, 2.24) is 10.3 Å². The van der Waals surface area contributed by atoms with Crippen molar-refractivity contribution >= 4 is 5.91 Å². The first-order chi connectivity index (χ1) is 8.84. The van der Waals surface area contributed by atoms with E-state index >= 15 is 0 Å². The third-order valence-electron chi connectivity index (χ3n) is 3.36. The maximum absolute atomic E-state index is 11.7. The summed E-state index contributed by atoms with van der Waals surface area (Å²) in [6.45, 7) is 9.03. The molecule has 0 aliphatic carbocycles. The van der Waals surface area contributed by atoms with Gasteiger partial charge in [-0.15, -0.1) is 0 Å². The lowest BCUT2D eigenvalue weighted by atomic mass is 9.84. The summed E-state index contributed by atoms with van der Waals surface area (Å²) in [6, 6.07) is 0. The van der Waals surface area contributed by atoms with E-state index in [4.69, 9.17) is 10.2 Å². The minimum atomic E-state index is 0.0265. The summed E-state index contributed by atoms with van der Waals surface area (Å²) in [7, 11) is 0. The van der Waals surface area contributed by atoms with Crippen LogP contribution >= 0.6 is 0 Å². The highest BCUT2D eigenvalue weighted by Crippen LogP contribution is 2.25. The van der Waals surface area contributed by atoms with Gasteiger partial charge in [0.2, 0.25) is 11.8 Å². The van der Waals surface area contributed by atoms with Crippen molar-refractivity contribution in [2.24, 2.45) is 11.1 Å². The van der Waals surface area contributed by atoms with E-state index < -0.39 is 0 Å². The lowest BCUT2D eigenvalue weighted by molar-refractivity contribution is -0.121. The standard InChI is InChI=1S/C14H25N3O2/c1-10-11(2)19-13(17-10)9-16-12(18)5-6-14(3,4)7-8-15/h5-9,15H2,1-4H3,(H,16,18). The maximum Gasteiger partial charge on any atom is 0.220 e. The lowest BCUT2D eigenvalue weighted by Crippen LogP contribution is -2.25. The average molecular weight is 267 g/mol. The Kier molecular flexibility index (Phi) is 5.54. The number of carbonyl (C=O) groups excluding carboxylic acids is 1. The molecule has 0 aromatic carbocycles. The molecule has 108 valence electrons. The van der Waals surface area contributed by atoms with Gasteiger partial charge in [0.15, 0.2) is 0 Å². The van der Waals surface area contributed by atoms with Crippen LogP contribution in [0.1, 0.15) is 50.5 Å². The first kappa shape index (κ1) is 15.7. The fraction of sp³-hybridized carbons (Fsp3) is 0.714. The van der Waals surface area contributed by atoms with Crippen molar-refractivity contribution in [3.05, 3.63) is 17.3 Å². The SMILES string of the molecule is Cc1nc(CNC(=O)CCC(C)(C)CCN)oc1C. The van der Waals surface area contributed by atoms with Gasteiger partial charge in [0, 0.05) is 6.42 Å². The van der Waals surface area contributed by atoms with Gasteiger partial charge in [-0.2, -0.15) is 0 Å². The molecule has 0 spiro atoms. The first-order valence-electron chi connectivity index (χ1n) is 6.74. The van der Waals surface area contributed by atoms with Crippen LogP contribution in [0.3, 0.4) is 0 Å². The molecule has 0 atom stereocenters. The summed E-state index contributed by atoms with van der Waals surface area (Å²) in [5, 5.41) is 2.83. The highest BCUT2D eigenvalue weighted by Gasteiger charge is 2.18. The molecule has 3 N–H and O–H groups in total. The number of hydrogen-bond acceptors (Lipinski definition) is 4. The summed E-state index contributed by atoms with van der Waals surface area (Å²) in [5.41, 5.74) is 6.53. The monoisotopic (exact) mass is 267 g/mol. The van der Waals surface area contributed by atoms with Gasteiger partial charge in [-0.05, 0) is 38.6 Å². The van der Waals surface area contributed by atoms with Crippen LogP contribution in [0.25, 0.3) is 0 Å². The van der Waals surface area contributed by atoms with Crippen molar-refractivity contribution in [2.45, 2.75) is 53.5 Å². The van der Waals surface area contributed by atoms with E-state index in [1.807, 2.05) is 13.8 Å². The minimum absolute atomic E-state index is 0.0265.